The highest BCUT2D eigenvalue weighted by Crippen LogP contribution is 2.21. The summed E-state index contributed by atoms with van der Waals surface area (Å²) in [4.78, 5) is 10.1. The number of hydrogen-bond donors (Lipinski definition) is 2. The molecule has 0 spiro atoms. The lowest BCUT2D eigenvalue weighted by atomic mass is 10.1. The monoisotopic (exact) mass is 208 g/mol. The van der Waals surface area contributed by atoms with Gasteiger partial charge < -0.3 is 21.8 Å². The van der Waals surface area contributed by atoms with E-state index in [2.05, 4.69) is 0 Å². The Balaban J connectivity index is 0.00000169. The minimum atomic E-state index is -1.96. The second-order valence-corrected chi connectivity index (χ2v) is 2.24. The van der Waals surface area contributed by atoms with Crippen LogP contribution in [-0.2, 0) is 0 Å². The molecule has 0 amide bonds. The zero-order valence-electron chi connectivity index (χ0n) is 7.11. The van der Waals surface area contributed by atoms with Crippen LogP contribution in [0.25, 0.3) is 0 Å². The number of nitrogen functional groups attached to an aromatic ring is 1. The number of carboxylic acids is 1. The van der Waals surface area contributed by atoms with Gasteiger partial charge in [-0.05, 0) is 6.07 Å². The fraction of sp³-hybridized carbons (Fsp3) is 0. The number of anilines is 1. The maximum atomic E-state index is 12.7. The van der Waals surface area contributed by atoms with Crippen molar-refractivity contribution < 1.29 is 23.1 Å². The van der Waals surface area contributed by atoms with Crippen LogP contribution in [0, 0.1) is 17.5 Å². The predicted octanol–water partition coefficient (Wildman–Crippen LogP) is 0.426. The van der Waals surface area contributed by atoms with Gasteiger partial charge in [-0.3, -0.25) is 0 Å². The van der Waals surface area contributed by atoms with Crippen LogP contribution in [0.3, 0.4) is 0 Å². The Morgan fingerprint density at radius 2 is 1.79 bits per heavy atom. The lowest BCUT2D eigenvalue weighted by Gasteiger charge is -2.07. The number of benzene rings is 1. The molecule has 0 saturated carbocycles. The van der Waals surface area contributed by atoms with Crippen molar-refractivity contribution in [2.24, 2.45) is 0 Å². The Morgan fingerprint density at radius 1 is 1.29 bits per heavy atom. The summed E-state index contributed by atoms with van der Waals surface area (Å²) in [5, 5.41) is 10.1. The Morgan fingerprint density at radius 3 is 2.21 bits per heavy atom. The molecule has 0 unspecified atom stereocenters. The first-order valence-corrected chi connectivity index (χ1v) is 3.09. The summed E-state index contributed by atoms with van der Waals surface area (Å²) >= 11 is 0. The molecule has 0 aliphatic heterocycles. The topological polar surface area (TPSA) is 103 Å². The van der Waals surface area contributed by atoms with Crippen LogP contribution in [0.2, 0.25) is 0 Å². The number of hydrogen-bond acceptors (Lipinski definition) is 3. The minimum absolute atomic E-state index is 0. The molecule has 1 aromatic rings. The Kier molecular flexibility index (Phi) is 3.47. The second-order valence-electron chi connectivity index (χ2n) is 2.24. The van der Waals surface area contributed by atoms with Crippen molar-refractivity contribution in [1.29, 1.82) is 0 Å². The van der Waals surface area contributed by atoms with E-state index in [4.69, 9.17) is 5.73 Å². The van der Waals surface area contributed by atoms with Crippen molar-refractivity contribution in [2.75, 3.05) is 5.73 Å². The van der Waals surface area contributed by atoms with E-state index in [-0.39, 0.29) is 12.2 Å². The smallest absolute Gasteiger partial charge is 0.184 e. The molecule has 4 nitrogen and oxygen atoms in total. The molecule has 78 valence electrons. The summed E-state index contributed by atoms with van der Waals surface area (Å²) in [7, 11) is 0. The molecule has 14 heavy (non-hydrogen) atoms. The van der Waals surface area contributed by atoms with Crippen LogP contribution >= 0.6 is 0 Å². The van der Waals surface area contributed by atoms with E-state index in [1.54, 1.807) is 0 Å². The van der Waals surface area contributed by atoms with Gasteiger partial charge in [0.2, 0.25) is 0 Å². The minimum Gasteiger partial charge on any atom is -0.545 e. The predicted molar refractivity (Wildman–Crippen MR) is 41.0 cm³/mol. The standard InChI is InChI=1S/C7H4F3NO2.H3N/c8-3-1-2(7(12)13)4(9)6(11)5(3)10;/h1H,11H2,(H,12,13);1H3. The third kappa shape index (κ3) is 1.77. The molecule has 0 radical (unpaired) electrons. The third-order valence-corrected chi connectivity index (χ3v) is 1.41. The van der Waals surface area contributed by atoms with Gasteiger partial charge in [0.1, 0.15) is 5.69 Å². The van der Waals surface area contributed by atoms with Crippen LogP contribution in [0.1, 0.15) is 10.4 Å². The molecule has 7 heteroatoms. The summed E-state index contributed by atoms with van der Waals surface area (Å²) in [6, 6.07) is 0.177. The number of nitrogens with two attached hydrogens (primary N) is 1. The maximum Gasteiger partial charge on any atom is 0.184 e. The number of rotatable bonds is 1. The van der Waals surface area contributed by atoms with Gasteiger partial charge in [-0.2, -0.15) is 0 Å². The molecule has 1 aromatic carbocycles. The molecule has 6 N–H and O–H groups in total. The van der Waals surface area contributed by atoms with Gasteiger partial charge in [0.05, 0.1) is 5.97 Å². The van der Waals surface area contributed by atoms with E-state index in [9.17, 15) is 23.1 Å². The molecule has 0 heterocycles. The average Bonchev–Trinajstić information content (AvgIpc) is 2.07. The first-order chi connectivity index (χ1) is 5.95. The van der Waals surface area contributed by atoms with Gasteiger partial charge in [-0.15, -0.1) is 0 Å². The number of carbonyl (C=O) groups excluding carboxylic acids is 1. The van der Waals surface area contributed by atoms with E-state index >= 15 is 0 Å². The third-order valence-electron chi connectivity index (χ3n) is 1.41. The highest BCUT2D eigenvalue weighted by molar-refractivity contribution is 5.87. The van der Waals surface area contributed by atoms with Crippen molar-refractivity contribution in [2.45, 2.75) is 0 Å². The first kappa shape index (κ1) is 12.2. The molecule has 0 aliphatic carbocycles. The van der Waals surface area contributed by atoms with Crippen molar-refractivity contribution in [3.8, 4) is 0 Å². The fourth-order valence-electron chi connectivity index (χ4n) is 0.772. The summed E-state index contributed by atoms with van der Waals surface area (Å²) in [5.41, 5.74) is 2.47. The Labute approximate surface area is 76.7 Å². The van der Waals surface area contributed by atoms with Gasteiger partial charge in [0.25, 0.3) is 0 Å². The van der Waals surface area contributed by atoms with Crippen molar-refractivity contribution in [1.82, 2.24) is 6.15 Å². The second kappa shape index (κ2) is 3.97. The van der Waals surface area contributed by atoms with Gasteiger partial charge in [-0.25, -0.2) is 13.2 Å². The summed E-state index contributed by atoms with van der Waals surface area (Å²) < 4.78 is 37.7. The van der Waals surface area contributed by atoms with Crippen molar-refractivity contribution in [3.63, 3.8) is 0 Å². The largest absolute Gasteiger partial charge is 0.545 e. The number of carbonyl (C=O) groups is 1. The summed E-state index contributed by atoms with van der Waals surface area (Å²) in [6.07, 6.45) is 0. The summed E-state index contributed by atoms with van der Waals surface area (Å²) in [6.45, 7) is 0. The van der Waals surface area contributed by atoms with Gasteiger partial charge in [-0.1, -0.05) is 0 Å². The number of carboxylic acid groups (broad SMARTS) is 1. The first-order valence-electron chi connectivity index (χ1n) is 3.09. The van der Waals surface area contributed by atoms with Gasteiger partial charge in [0.15, 0.2) is 17.5 Å². The normalized spacial score (nSPS) is 9.36. The number of aromatic carboxylic acids is 1. The Hall–Kier alpha value is -1.76. The van der Waals surface area contributed by atoms with Crippen LogP contribution < -0.4 is 17.0 Å². The lowest BCUT2D eigenvalue weighted by molar-refractivity contribution is -0.255. The fourth-order valence-corrected chi connectivity index (χ4v) is 0.772. The molecule has 0 bridgehead atoms. The zero-order valence-corrected chi connectivity index (χ0v) is 7.11. The number of halogens is 3. The molecule has 0 aliphatic rings. The lowest BCUT2D eigenvalue weighted by Crippen LogP contribution is -2.24. The van der Waals surface area contributed by atoms with Crippen LogP contribution in [0.5, 0.6) is 0 Å². The van der Waals surface area contributed by atoms with Crippen LogP contribution in [0.15, 0.2) is 6.07 Å². The molecule has 1 rings (SSSR count). The van der Waals surface area contributed by atoms with Crippen LogP contribution in [0.4, 0.5) is 18.9 Å². The van der Waals surface area contributed by atoms with Crippen LogP contribution in [-0.4, -0.2) is 5.97 Å². The molecule has 0 atom stereocenters. The highest BCUT2D eigenvalue weighted by Gasteiger charge is 2.16. The van der Waals surface area contributed by atoms with E-state index in [0.717, 1.165) is 0 Å². The summed E-state index contributed by atoms with van der Waals surface area (Å²) in [5.74, 6) is -6.62. The van der Waals surface area contributed by atoms with Crippen molar-refractivity contribution >= 4 is 11.7 Å². The average molecular weight is 208 g/mol. The molecular formula is C7H7F3N2O2. The Bertz CT molecular complexity index is 382. The molecule has 0 fully saturated rings. The molecule has 0 saturated heterocycles. The van der Waals surface area contributed by atoms with E-state index in [1.807, 2.05) is 0 Å². The zero-order chi connectivity index (χ0) is 10.2. The quantitative estimate of drug-likeness (QED) is 0.516. The highest BCUT2D eigenvalue weighted by atomic mass is 19.2. The SMILES string of the molecule is Nc1c(F)c(F)cc(C(=O)[O-])c1F.[NH4+]. The number of quaternary nitrogens is 1. The maximum absolute atomic E-state index is 12.7. The molecular weight excluding hydrogens is 201 g/mol. The van der Waals surface area contributed by atoms with Gasteiger partial charge >= 0.3 is 0 Å². The van der Waals surface area contributed by atoms with E-state index in [1.165, 1.54) is 0 Å². The molecule has 0 aromatic heterocycles. The van der Waals surface area contributed by atoms with Gasteiger partial charge in [0, 0.05) is 5.56 Å². The van der Waals surface area contributed by atoms with E-state index < -0.39 is 34.7 Å². The van der Waals surface area contributed by atoms with Crippen molar-refractivity contribution in [3.05, 3.63) is 29.1 Å². The van der Waals surface area contributed by atoms with E-state index in [0.29, 0.717) is 0 Å².